The smallest absolute Gasteiger partial charge is 0.253 e. The average molecular weight is 239 g/mol. The monoisotopic (exact) mass is 239 g/mol. The standard InChI is InChI=1S/C11H17N3OS/c12-9-6-10(15)13-11(16)14(9)7-8-4-2-1-3-5-8/h6,8H,1-5,7,12H2,(H,13,15,16). The normalized spacial score (nSPS) is 17.5. The minimum Gasteiger partial charge on any atom is -0.385 e. The molecule has 0 aliphatic heterocycles. The molecular formula is C11H17N3OS. The number of rotatable bonds is 2. The molecule has 0 saturated heterocycles. The van der Waals surface area contributed by atoms with Gasteiger partial charge in [0.25, 0.3) is 5.56 Å². The van der Waals surface area contributed by atoms with Crippen LogP contribution in [-0.2, 0) is 6.54 Å². The highest BCUT2D eigenvalue weighted by Gasteiger charge is 2.15. The predicted octanol–water partition coefficient (Wildman–Crippen LogP) is 2.07. The van der Waals surface area contributed by atoms with E-state index in [-0.39, 0.29) is 5.56 Å². The van der Waals surface area contributed by atoms with Gasteiger partial charge in [0.1, 0.15) is 5.82 Å². The summed E-state index contributed by atoms with van der Waals surface area (Å²) in [7, 11) is 0. The van der Waals surface area contributed by atoms with Crippen LogP contribution in [-0.4, -0.2) is 9.55 Å². The lowest BCUT2D eigenvalue weighted by atomic mass is 9.89. The highest BCUT2D eigenvalue weighted by atomic mass is 32.1. The molecular weight excluding hydrogens is 222 g/mol. The molecule has 2 rings (SSSR count). The van der Waals surface area contributed by atoms with Gasteiger partial charge >= 0.3 is 0 Å². The third-order valence-corrected chi connectivity index (χ3v) is 3.55. The number of nitrogens with one attached hydrogen (secondary N) is 1. The Morgan fingerprint density at radius 2 is 2.12 bits per heavy atom. The van der Waals surface area contributed by atoms with Crippen LogP contribution in [0.25, 0.3) is 0 Å². The van der Waals surface area contributed by atoms with Gasteiger partial charge in [0.05, 0.1) is 0 Å². The summed E-state index contributed by atoms with van der Waals surface area (Å²) in [6, 6.07) is 1.40. The van der Waals surface area contributed by atoms with Crippen molar-refractivity contribution in [1.82, 2.24) is 9.55 Å². The molecule has 16 heavy (non-hydrogen) atoms. The Morgan fingerprint density at radius 3 is 2.75 bits per heavy atom. The van der Waals surface area contributed by atoms with Crippen molar-refractivity contribution in [3.8, 4) is 0 Å². The lowest BCUT2D eigenvalue weighted by molar-refractivity contribution is 0.318. The summed E-state index contributed by atoms with van der Waals surface area (Å²) in [5.74, 6) is 1.12. The molecule has 1 heterocycles. The molecule has 5 heteroatoms. The van der Waals surface area contributed by atoms with E-state index in [2.05, 4.69) is 4.98 Å². The van der Waals surface area contributed by atoms with Crippen LogP contribution >= 0.6 is 12.2 Å². The maximum atomic E-state index is 11.1. The van der Waals surface area contributed by atoms with Crippen LogP contribution in [0.2, 0.25) is 0 Å². The first-order valence-corrected chi connectivity index (χ1v) is 6.17. The summed E-state index contributed by atoms with van der Waals surface area (Å²) in [5.41, 5.74) is 5.60. The van der Waals surface area contributed by atoms with Crippen molar-refractivity contribution in [2.45, 2.75) is 38.6 Å². The van der Waals surface area contributed by atoms with Crippen LogP contribution in [0.15, 0.2) is 10.9 Å². The van der Waals surface area contributed by atoms with Gasteiger partial charge in [-0.2, -0.15) is 0 Å². The van der Waals surface area contributed by atoms with Crippen molar-refractivity contribution in [2.24, 2.45) is 5.92 Å². The SMILES string of the molecule is Nc1cc(=O)[nH]c(=S)n1CC1CCCCC1. The van der Waals surface area contributed by atoms with Crippen LogP contribution in [0, 0.1) is 10.7 Å². The van der Waals surface area contributed by atoms with Gasteiger partial charge in [0.15, 0.2) is 4.77 Å². The Bertz CT molecular complexity index is 471. The molecule has 0 atom stereocenters. The summed E-state index contributed by atoms with van der Waals surface area (Å²) in [4.78, 5) is 13.8. The summed E-state index contributed by atoms with van der Waals surface area (Å²) < 4.78 is 2.28. The first kappa shape index (κ1) is 11.4. The number of H-pyrrole nitrogens is 1. The maximum absolute atomic E-state index is 11.1. The summed E-state index contributed by atoms with van der Waals surface area (Å²) in [6.07, 6.45) is 6.40. The Labute approximate surface area is 99.5 Å². The van der Waals surface area contributed by atoms with Gasteiger partial charge in [0, 0.05) is 12.6 Å². The Morgan fingerprint density at radius 1 is 1.44 bits per heavy atom. The molecule has 3 N–H and O–H groups in total. The van der Waals surface area contributed by atoms with Crippen LogP contribution in [0.1, 0.15) is 32.1 Å². The minimum absolute atomic E-state index is 0.220. The fourth-order valence-electron chi connectivity index (χ4n) is 2.35. The van der Waals surface area contributed by atoms with E-state index in [4.69, 9.17) is 18.0 Å². The molecule has 1 aromatic rings. The van der Waals surface area contributed by atoms with Crippen molar-refractivity contribution < 1.29 is 0 Å². The Kier molecular flexibility index (Phi) is 3.43. The first-order chi connectivity index (χ1) is 7.66. The zero-order valence-corrected chi connectivity index (χ0v) is 10.1. The van der Waals surface area contributed by atoms with E-state index < -0.39 is 0 Å². The van der Waals surface area contributed by atoms with Gasteiger partial charge in [-0.15, -0.1) is 0 Å². The molecule has 0 radical (unpaired) electrons. The zero-order chi connectivity index (χ0) is 11.5. The van der Waals surface area contributed by atoms with Gasteiger partial charge in [-0.25, -0.2) is 0 Å². The highest BCUT2D eigenvalue weighted by Crippen LogP contribution is 2.25. The second kappa shape index (κ2) is 4.82. The van der Waals surface area contributed by atoms with E-state index in [9.17, 15) is 4.79 Å². The van der Waals surface area contributed by atoms with Gasteiger partial charge in [-0.3, -0.25) is 9.78 Å². The second-order valence-corrected chi connectivity index (χ2v) is 4.86. The van der Waals surface area contributed by atoms with E-state index in [0.717, 1.165) is 6.54 Å². The number of nitrogen functional groups attached to an aromatic ring is 1. The van der Waals surface area contributed by atoms with E-state index in [1.807, 2.05) is 4.57 Å². The lowest BCUT2D eigenvalue weighted by Gasteiger charge is -2.23. The molecule has 0 amide bonds. The van der Waals surface area contributed by atoms with Gasteiger partial charge in [-0.05, 0) is 31.0 Å². The quantitative estimate of drug-likeness (QED) is 0.776. The van der Waals surface area contributed by atoms with Gasteiger partial charge in [0.2, 0.25) is 0 Å². The Hall–Kier alpha value is -1.10. The van der Waals surface area contributed by atoms with E-state index in [1.54, 1.807) is 0 Å². The fraction of sp³-hybridized carbons (Fsp3) is 0.636. The first-order valence-electron chi connectivity index (χ1n) is 5.76. The Balaban J connectivity index is 2.20. The molecule has 1 saturated carbocycles. The van der Waals surface area contributed by atoms with Gasteiger partial charge in [-0.1, -0.05) is 19.3 Å². The maximum Gasteiger partial charge on any atom is 0.253 e. The fourth-order valence-corrected chi connectivity index (χ4v) is 2.64. The summed E-state index contributed by atoms with van der Waals surface area (Å²) in [5, 5.41) is 0. The van der Waals surface area contributed by atoms with Crippen molar-refractivity contribution in [3.63, 3.8) is 0 Å². The molecule has 4 nitrogen and oxygen atoms in total. The molecule has 0 unspecified atom stereocenters. The predicted molar refractivity (Wildman–Crippen MR) is 66.9 cm³/mol. The number of aromatic nitrogens is 2. The second-order valence-electron chi connectivity index (χ2n) is 4.48. The van der Waals surface area contributed by atoms with Crippen molar-refractivity contribution in [3.05, 3.63) is 21.2 Å². The van der Waals surface area contributed by atoms with Crippen LogP contribution in [0.3, 0.4) is 0 Å². The lowest BCUT2D eigenvalue weighted by Crippen LogP contribution is -2.21. The topological polar surface area (TPSA) is 63.8 Å². The minimum atomic E-state index is -0.220. The van der Waals surface area contributed by atoms with Crippen molar-refractivity contribution in [1.29, 1.82) is 0 Å². The van der Waals surface area contributed by atoms with E-state index in [0.29, 0.717) is 16.5 Å². The molecule has 1 aromatic heterocycles. The summed E-state index contributed by atoms with van der Waals surface area (Å²) >= 11 is 5.12. The number of aromatic amines is 1. The van der Waals surface area contributed by atoms with Crippen LogP contribution < -0.4 is 11.3 Å². The largest absolute Gasteiger partial charge is 0.385 e. The average Bonchev–Trinajstić information content (AvgIpc) is 2.25. The number of nitrogens with zero attached hydrogens (tertiary/aromatic N) is 1. The molecule has 88 valence electrons. The molecule has 0 spiro atoms. The number of anilines is 1. The zero-order valence-electron chi connectivity index (χ0n) is 9.24. The number of nitrogens with two attached hydrogens (primary N) is 1. The molecule has 0 bridgehead atoms. The van der Waals surface area contributed by atoms with Crippen LogP contribution in [0.5, 0.6) is 0 Å². The van der Waals surface area contributed by atoms with E-state index in [1.165, 1.54) is 38.2 Å². The third kappa shape index (κ3) is 2.52. The third-order valence-electron chi connectivity index (χ3n) is 3.23. The van der Waals surface area contributed by atoms with Crippen molar-refractivity contribution >= 4 is 18.0 Å². The summed E-state index contributed by atoms with van der Waals surface area (Å²) in [6.45, 7) is 0.835. The number of hydrogen-bond acceptors (Lipinski definition) is 3. The van der Waals surface area contributed by atoms with Crippen molar-refractivity contribution in [2.75, 3.05) is 5.73 Å². The molecule has 1 aliphatic rings. The highest BCUT2D eigenvalue weighted by molar-refractivity contribution is 7.71. The number of hydrogen-bond donors (Lipinski definition) is 2. The van der Waals surface area contributed by atoms with Crippen LogP contribution in [0.4, 0.5) is 5.82 Å². The molecule has 1 fully saturated rings. The van der Waals surface area contributed by atoms with E-state index >= 15 is 0 Å². The molecule has 0 aromatic carbocycles. The molecule has 1 aliphatic carbocycles. The van der Waals surface area contributed by atoms with Gasteiger partial charge < -0.3 is 10.3 Å².